The molecule has 5 nitrogen and oxygen atoms in total. The van der Waals surface area contributed by atoms with Gasteiger partial charge in [-0.25, -0.2) is 9.97 Å². The van der Waals surface area contributed by atoms with Crippen LogP contribution < -0.4 is 10.2 Å². The Morgan fingerprint density at radius 2 is 2.12 bits per heavy atom. The Labute approximate surface area is 102 Å². The molecule has 0 saturated carbocycles. The number of aromatic nitrogens is 2. The van der Waals surface area contributed by atoms with Crippen molar-refractivity contribution in [1.82, 2.24) is 15.3 Å². The first-order valence-electron chi connectivity index (χ1n) is 6.17. The van der Waals surface area contributed by atoms with Crippen LogP contribution in [0.4, 0.5) is 5.82 Å². The van der Waals surface area contributed by atoms with E-state index in [0.29, 0.717) is 0 Å². The predicted octanol–water partition coefficient (Wildman–Crippen LogP) is 0.595. The standard InChI is InChI=1S/C12H20N4O/c1-3-11-14-10(9-13-2)8-12(15-11)16-4-6-17-7-5-16/h8,13H,3-7,9H2,1-2H3. The summed E-state index contributed by atoms with van der Waals surface area (Å²) in [5, 5.41) is 3.13. The lowest BCUT2D eigenvalue weighted by Crippen LogP contribution is -2.37. The monoisotopic (exact) mass is 236 g/mol. The Bertz CT molecular complexity index is 364. The fourth-order valence-electron chi connectivity index (χ4n) is 1.92. The summed E-state index contributed by atoms with van der Waals surface area (Å²) < 4.78 is 5.36. The summed E-state index contributed by atoms with van der Waals surface area (Å²) in [6.07, 6.45) is 0.870. The smallest absolute Gasteiger partial charge is 0.132 e. The number of nitrogens with one attached hydrogen (secondary N) is 1. The first-order valence-corrected chi connectivity index (χ1v) is 6.17. The number of hydrogen-bond donors (Lipinski definition) is 1. The van der Waals surface area contributed by atoms with Gasteiger partial charge < -0.3 is 15.0 Å². The lowest BCUT2D eigenvalue weighted by Gasteiger charge is -2.28. The molecule has 1 N–H and O–H groups in total. The van der Waals surface area contributed by atoms with Crippen LogP contribution >= 0.6 is 0 Å². The SMILES string of the molecule is CCc1nc(CNC)cc(N2CCOCC2)n1. The fourth-order valence-corrected chi connectivity index (χ4v) is 1.92. The highest BCUT2D eigenvalue weighted by molar-refractivity contribution is 5.40. The van der Waals surface area contributed by atoms with Crippen LogP contribution in [0.15, 0.2) is 6.07 Å². The average Bonchev–Trinajstić information content (AvgIpc) is 2.40. The summed E-state index contributed by atoms with van der Waals surface area (Å²) in [6.45, 7) is 6.27. The highest BCUT2D eigenvalue weighted by atomic mass is 16.5. The topological polar surface area (TPSA) is 50.3 Å². The molecule has 0 amide bonds. The van der Waals surface area contributed by atoms with Crippen LogP contribution in [0.1, 0.15) is 18.4 Å². The minimum atomic E-state index is 0.785. The molecule has 0 atom stereocenters. The zero-order chi connectivity index (χ0) is 12.1. The van der Waals surface area contributed by atoms with E-state index < -0.39 is 0 Å². The number of ether oxygens (including phenoxy) is 1. The lowest BCUT2D eigenvalue weighted by atomic mass is 10.3. The first-order chi connectivity index (χ1) is 8.33. The fraction of sp³-hybridized carbons (Fsp3) is 0.667. The van der Waals surface area contributed by atoms with Crippen molar-refractivity contribution in [1.29, 1.82) is 0 Å². The summed E-state index contributed by atoms with van der Waals surface area (Å²) in [4.78, 5) is 11.4. The number of nitrogens with zero attached hydrogens (tertiary/aromatic N) is 3. The summed E-state index contributed by atoms with van der Waals surface area (Å²) in [5.41, 5.74) is 1.06. The molecule has 0 bridgehead atoms. The number of anilines is 1. The van der Waals surface area contributed by atoms with Crippen LogP contribution in [0, 0.1) is 0 Å². The second-order valence-corrected chi connectivity index (χ2v) is 4.12. The van der Waals surface area contributed by atoms with E-state index in [0.717, 1.165) is 56.6 Å². The van der Waals surface area contributed by atoms with Crippen molar-refractivity contribution in [3.63, 3.8) is 0 Å². The van der Waals surface area contributed by atoms with Crippen molar-refractivity contribution in [3.05, 3.63) is 17.6 Å². The van der Waals surface area contributed by atoms with E-state index in [1.165, 1.54) is 0 Å². The molecule has 1 aliphatic rings. The molecule has 1 aliphatic heterocycles. The number of morpholine rings is 1. The van der Waals surface area contributed by atoms with Crippen molar-refractivity contribution >= 4 is 5.82 Å². The van der Waals surface area contributed by atoms with Crippen molar-refractivity contribution < 1.29 is 4.74 Å². The molecule has 1 aromatic heterocycles. The molecular formula is C12H20N4O. The lowest BCUT2D eigenvalue weighted by molar-refractivity contribution is 0.122. The van der Waals surface area contributed by atoms with Gasteiger partial charge in [-0.2, -0.15) is 0 Å². The maximum atomic E-state index is 5.36. The summed E-state index contributed by atoms with van der Waals surface area (Å²) in [7, 11) is 1.93. The minimum Gasteiger partial charge on any atom is -0.378 e. The molecule has 0 aromatic carbocycles. The average molecular weight is 236 g/mol. The van der Waals surface area contributed by atoms with E-state index in [-0.39, 0.29) is 0 Å². The second-order valence-electron chi connectivity index (χ2n) is 4.12. The maximum absolute atomic E-state index is 5.36. The Hall–Kier alpha value is -1.20. The van der Waals surface area contributed by atoms with E-state index >= 15 is 0 Å². The van der Waals surface area contributed by atoms with Crippen LogP contribution in [0.5, 0.6) is 0 Å². The molecule has 17 heavy (non-hydrogen) atoms. The van der Waals surface area contributed by atoms with Gasteiger partial charge in [0, 0.05) is 32.1 Å². The number of rotatable bonds is 4. The summed E-state index contributed by atoms with van der Waals surface area (Å²) >= 11 is 0. The molecule has 94 valence electrons. The summed E-state index contributed by atoms with van der Waals surface area (Å²) in [6, 6.07) is 2.07. The van der Waals surface area contributed by atoms with Crippen LogP contribution in [0.25, 0.3) is 0 Å². The van der Waals surface area contributed by atoms with Gasteiger partial charge in [-0.1, -0.05) is 6.92 Å². The van der Waals surface area contributed by atoms with Crippen molar-refractivity contribution in [3.8, 4) is 0 Å². The highest BCUT2D eigenvalue weighted by Gasteiger charge is 2.14. The third kappa shape index (κ3) is 3.14. The quantitative estimate of drug-likeness (QED) is 0.829. The van der Waals surface area contributed by atoms with E-state index in [1.54, 1.807) is 0 Å². The molecule has 1 fully saturated rings. The molecular weight excluding hydrogens is 216 g/mol. The van der Waals surface area contributed by atoms with Crippen LogP contribution in [-0.4, -0.2) is 43.3 Å². The number of hydrogen-bond acceptors (Lipinski definition) is 5. The normalized spacial score (nSPS) is 16.2. The maximum Gasteiger partial charge on any atom is 0.132 e. The molecule has 0 radical (unpaired) electrons. The second kappa shape index (κ2) is 5.93. The molecule has 1 aromatic rings. The third-order valence-electron chi connectivity index (χ3n) is 2.82. The van der Waals surface area contributed by atoms with E-state index in [1.807, 2.05) is 7.05 Å². The number of aryl methyl sites for hydroxylation is 1. The molecule has 2 heterocycles. The Kier molecular flexibility index (Phi) is 4.28. The van der Waals surface area contributed by atoms with Crippen molar-refractivity contribution in [2.24, 2.45) is 0 Å². The van der Waals surface area contributed by atoms with E-state index in [9.17, 15) is 0 Å². The minimum absolute atomic E-state index is 0.785. The van der Waals surface area contributed by atoms with Gasteiger partial charge in [-0.3, -0.25) is 0 Å². The van der Waals surface area contributed by atoms with Gasteiger partial charge in [-0.15, -0.1) is 0 Å². The molecule has 5 heteroatoms. The summed E-state index contributed by atoms with van der Waals surface area (Å²) in [5.74, 6) is 1.95. The van der Waals surface area contributed by atoms with Crippen LogP contribution in [0.3, 0.4) is 0 Å². The van der Waals surface area contributed by atoms with Gasteiger partial charge in [0.1, 0.15) is 11.6 Å². The van der Waals surface area contributed by atoms with Gasteiger partial charge in [0.2, 0.25) is 0 Å². The molecule has 0 aliphatic carbocycles. The predicted molar refractivity (Wildman–Crippen MR) is 67.2 cm³/mol. The van der Waals surface area contributed by atoms with Gasteiger partial charge in [-0.05, 0) is 7.05 Å². The van der Waals surface area contributed by atoms with Gasteiger partial charge in [0.15, 0.2) is 0 Å². The van der Waals surface area contributed by atoms with Gasteiger partial charge >= 0.3 is 0 Å². The Balaban J connectivity index is 2.21. The van der Waals surface area contributed by atoms with Gasteiger partial charge in [0.05, 0.1) is 18.9 Å². The van der Waals surface area contributed by atoms with Crippen LogP contribution in [0.2, 0.25) is 0 Å². The van der Waals surface area contributed by atoms with Gasteiger partial charge in [0.25, 0.3) is 0 Å². The Morgan fingerprint density at radius 3 is 2.76 bits per heavy atom. The zero-order valence-corrected chi connectivity index (χ0v) is 10.6. The van der Waals surface area contributed by atoms with E-state index in [4.69, 9.17) is 4.74 Å². The van der Waals surface area contributed by atoms with Crippen molar-refractivity contribution in [2.75, 3.05) is 38.3 Å². The first kappa shape index (κ1) is 12.3. The molecule has 1 saturated heterocycles. The molecule has 2 rings (SSSR count). The van der Waals surface area contributed by atoms with Crippen LogP contribution in [-0.2, 0) is 17.7 Å². The highest BCUT2D eigenvalue weighted by Crippen LogP contribution is 2.14. The molecule has 0 unspecified atom stereocenters. The zero-order valence-electron chi connectivity index (χ0n) is 10.6. The largest absolute Gasteiger partial charge is 0.378 e. The van der Waals surface area contributed by atoms with E-state index in [2.05, 4.69) is 33.2 Å². The Morgan fingerprint density at radius 1 is 1.35 bits per heavy atom. The van der Waals surface area contributed by atoms with Crippen molar-refractivity contribution in [2.45, 2.75) is 19.9 Å². The third-order valence-corrected chi connectivity index (χ3v) is 2.82. The molecule has 0 spiro atoms.